The molecule has 0 amide bonds. The lowest BCUT2D eigenvalue weighted by molar-refractivity contribution is -0.165. The van der Waals surface area contributed by atoms with Crippen molar-refractivity contribution in [2.24, 2.45) is 0 Å². The summed E-state index contributed by atoms with van der Waals surface area (Å²) >= 11 is 9.14. The van der Waals surface area contributed by atoms with E-state index in [0.717, 1.165) is 30.3 Å². The molecule has 1 saturated heterocycles. The molecule has 0 aromatic carbocycles. The van der Waals surface area contributed by atoms with Crippen LogP contribution >= 0.6 is 27.5 Å². The largest absolute Gasteiger partial charge is 0.475 e. The van der Waals surface area contributed by atoms with Gasteiger partial charge >= 0.3 is 0 Å². The maximum Gasteiger partial charge on any atom is 0.215 e. The first-order valence-corrected chi connectivity index (χ1v) is 7.10. The molecule has 0 saturated carbocycles. The number of rotatable bonds is 5. The monoisotopic (exact) mass is 335 g/mol. The highest BCUT2D eigenvalue weighted by atomic mass is 79.9. The zero-order chi connectivity index (χ0) is 12.8. The summed E-state index contributed by atoms with van der Waals surface area (Å²) in [6.45, 7) is 1.70. The Kier molecular flexibility index (Phi) is 5.69. The molecule has 0 radical (unpaired) electrons. The van der Waals surface area contributed by atoms with Crippen LogP contribution in [0.4, 0.5) is 0 Å². The third-order valence-corrected chi connectivity index (χ3v) is 3.16. The number of pyridine rings is 1. The van der Waals surface area contributed by atoms with Gasteiger partial charge in [0.25, 0.3) is 0 Å². The van der Waals surface area contributed by atoms with Crippen LogP contribution in [0.5, 0.6) is 5.88 Å². The summed E-state index contributed by atoms with van der Waals surface area (Å²) in [5.74, 6) is 0.488. The van der Waals surface area contributed by atoms with Crippen molar-refractivity contribution >= 4 is 27.5 Å². The molecule has 4 nitrogen and oxygen atoms in total. The SMILES string of the molecule is Clc1cc(Br)cc(OCCOC2CCCCO2)n1. The van der Waals surface area contributed by atoms with Gasteiger partial charge in [-0.25, -0.2) is 4.98 Å². The molecular weight excluding hydrogens is 321 g/mol. The van der Waals surface area contributed by atoms with Gasteiger partial charge in [-0.15, -0.1) is 0 Å². The fraction of sp³-hybridized carbons (Fsp3) is 0.583. The maximum atomic E-state index is 5.81. The zero-order valence-corrected chi connectivity index (χ0v) is 12.2. The van der Waals surface area contributed by atoms with Crippen LogP contribution in [0.2, 0.25) is 5.15 Å². The van der Waals surface area contributed by atoms with Gasteiger partial charge in [-0.05, 0) is 25.3 Å². The smallest absolute Gasteiger partial charge is 0.215 e. The predicted molar refractivity (Wildman–Crippen MR) is 72.0 cm³/mol. The fourth-order valence-electron chi connectivity index (χ4n) is 1.69. The molecule has 1 fully saturated rings. The second kappa shape index (κ2) is 7.28. The van der Waals surface area contributed by atoms with Crippen molar-refractivity contribution in [3.05, 3.63) is 21.8 Å². The number of aromatic nitrogens is 1. The molecule has 1 aromatic rings. The fourth-order valence-corrected chi connectivity index (χ4v) is 2.43. The Labute approximate surface area is 120 Å². The third kappa shape index (κ3) is 4.72. The second-order valence-electron chi connectivity index (χ2n) is 3.96. The van der Waals surface area contributed by atoms with Crippen LogP contribution in [0.25, 0.3) is 0 Å². The van der Waals surface area contributed by atoms with E-state index in [0.29, 0.717) is 24.2 Å². The van der Waals surface area contributed by atoms with E-state index < -0.39 is 0 Å². The van der Waals surface area contributed by atoms with Crippen LogP contribution in [0.3, 0.4) is 0 Å². The Morgan fingerprint density at radius 1 is 1.39 bits per heavy atom. The minimum atomic E-state index is -0.0820. The van der Waals surface area contributed by atoms with Crippen LogP contribution in [0.15, 0.2) is 16.6 Å². The second-order valence-corrected chi connectivity index (χ2v) is 5.26. The lowest BCUT2D eigenvalue weighted by atomic mass is 10.2. The molecule has 1 unspecified atom stereocenters. The van der Waals surface area contributed by atoms with Crippen LogP contribution < -0.4 is 4.74 Å². The van der Waals surface area contributed by atoms with Gasteiger partial charge in [0.15, 0.2) is 6.29 Å². The molecule has 2 rings (SSSR count). The minimum Gasteiger partial charge on any atom is -0.475 e. The Hall–Kier alpha value is -0.360. The molecule has 1 aliphatic rings. The molecule has 18 heavy (non-hydrogen) atoms. The maximum absolute atomic E-state index is 5.81. The minimum absolute atomic E-state index is 0.0820. The van der Waals surface area contributed by atoms with Gasteiger partial charge in [0.2, 0.25) is 5.88 Å². The number of ether oxygens (including phenoxy) is 3. The molecule has 0 aliphatic carbocycles. The van der Waals surface area contributed by atoms with E-state index in [-0.39, 0.29) is 6.29 Å². The molecule has 6 heteroatoms. The van der Waals surface area contributed by atoms with E-state index in [1.54, 1.807) is 12.1 Å². The van der Waals surface area contributed by atoms with Gasteiger partial charge in [0.1, 0.15) is 11.8 Å². The Bertz CT molecular complexity index is 365. The third-order valence-electron chi connectivity index (χ3n) is 2.51. The summed E-state index contributed by atoms with van der Waals surface area (Å²) < 4.78 is 17.3. The molecule has 0 spiro atoms. The molecule has 0 bridgehead atoms. The lowest BCUT2D eigenvalue weighted by Gasteiger charge is -2.22. The summed E-state index contributed by atoms with van der Waals surface area (Å²) in [5, 5.41) is 0.399. The zero-order valence-electron chi connectivity index (χ0n) is 9.90. The summed E-state index contributed by atoms with van der Waals surface area (Å²) in [6.07, 6.45) is 3.16. The first-order chi connectivity index (χ1) is 8.74. The standard InChI is InChI=1S/C12H15BrClNO3/c13-9-7-10(14)15-11(8-9)16-5-6-18-12-3-1-2-4-17-12/h7-8,12H,1-6H2. The highest BCUT2D eigenvalue weighted by molar-refractivity contribution is 9.10. The molecule has 0 N–H and O–H groups in total. The van der Waals surface area contributed by atoms with Gasteiger partial charge in [-0.2, -0.15) is 0 Å². The summed E-state index contributed by atoms with van der Waals surface area (Å²) in [4.78, 5) is 4.04. The molecule has 1 atom stereocenters. The quantitative estimate of drug-likeness (QED) is 0.610. The first kappa shape index (κ1) is 14.1. The first-order valence-electron chi connectivity index (χ1n) is 5.93. The number of nitrogens with zero attached hydrogens (tertiary/aromatic N) is 1. The van der Waals surface area contributed by atoms with Gasteiger partial charge in [-0.3, -0.25) is 0 Å². The number of hydrogen-bond acceptors (Lipinski definition) is 4. The Morgan fingerprint density at radius 2 is 2.28 bits per heavy atom. The van der Waals surface area contributed by atoms with Crippen LogP contribution in [-0.4, -0.2) is 31.1 Å². The average Bonchev–Trinajstić information content (AvgIpc) is 2.35. The van der Waals surface area contributed by atoms with Crippen molar-refractivity contribution in [2.45, 2.75) is 25.6 Å². The molecular formula is C12H15BrClNO3. The van der Waals surface area contributed by atoms with Crippen LogP contribution in [0.1, 0.15) is 19.3 Å². The van der Waals surface area contributed by atoms with Crippen molar-refractivity contribution in [1.82, 2.24) is 4.98 Å². The van der Waals surface area contributed by atoms with Crippen molar-refractivity contribution in [3.63, 3.8) is 0 Å². The highest BCUT2D eigenvalue weighted by Crippen LogP contribution is 2.20. The average molecular weight is 337 g/mol. The number of hydrogen-bond donors (Lipinski definition) is 0. The molecule has 100 valence electrons. The van der Waals surface area contributed by atoms with E-state index in [2.05, 4.69) is 20.9 Å². The summed E-state index contributed by atoms with van der Waals surface area (Å²) in [5.41, 5.74) is 0. The Balaban J connectivity index is 1.68. The molecule has 2 heterocycles. The van der Waals surface area contributed by atoms with E-state index >= 15 is 0 Å². The van der Waals surface area contributed by atoms with Crippen molar-refractivity contribution in [3.8, 4) is 5.88 Å². The van der Waals surface area contributed by atoms with Crippen molar-refractivity contribution in [2.75, 3.05) is 19.8 Å². The van der Waals surface area contributed by atoms with Gasteiger partial charge in [0, 0.05) is 17.1 Å². The highest BCUT2D eigenvalue weighted by Gasteiger charge is 2.13. The van der Waals surface area contributed by atoms with E-state index in [1.807, 2.05) is 0 Å². The van der Waals surface area contributed by atoms with Gasteiger partial charge < -0.3 is 14.2 Å². The Morgan fingerprint density at radius 3 is 3.00 bits per heavy atom. The van der Waals surface area contributed by atoms with Crippen molar-refractivity contribution < 1.29 is 14.2 Å². The van der Waals surface area contributed by atoms with Crippen LogP contribution in [0, 0.1) is 0 Å². The van der Waals surface area contributed by atoms with Crippen LogP contribution in [-0.2, 0) is 9.47 Å². The van der Waals surface area contributed by atoms with E-state index in [4.69, 9.17) is 25.8 Å². The van der Waals surface area contributed by atoms with Crippen molar-refractivity contribution in [1.29, 1.82) is 0 Å². The topological polar surface area (TPSA) is 40.6 Å². The lowest BCUT2D eigenvalue weighted by Crippen LogP contribution is -2.24. The normalized spacial score (nSPS) is 19.8. The summed E-state index contributed by atoms with van der Waals surface area (Å²) in [6, 6.07) is 3.48. The predicted octanol–water partition coefficient (Wildman–Crippen LogP) is 3.42. The van der Waals surface area contributed by atoms with Gasteiger partial charge in [-0.1, -0.05) is 27.5 Å². The van der Waals surface area contributed by atoms with Gasteiger partial charge in [0.05, 0.1) is 6.61 Å². The van der Waals surface area contributed by atoms with E-state index in [9.17, 15) is 0 Å². The van der Waals surface area contributed by atoms with E-state index in [1.165, 1.54) is 0 Å². The molecule has 1 aliphatic heterocycles. The summed E-state index contributed by atoms with van der Waals surface area (Å²) in [7, 11) is 0. The molecule has 1 aromatic heterocycles. The number of halogens is 2.